The van der Waals surface area contributed by atoms with Crippen LogP contribution < -0.4 is 0 Å². The average molecular weight is 396 g/mol. The van der Waals surface area contributed by atoms with Crippen LogP contribution in [0.25, 0.3) is 0 Å². The fourth-order valence-corrected chi connectivity index (χ4v) is 10.6. The molecule has 0 radical (unpaired) electrons. The van der Waals surface area contributed by atoms with Gasteiger partial charge >= 0.3 is 14.5 Å². The Morgan fingerprint density at radius 3 is 2.37 bits per heavy atom. The quantitative estimate of drug-likeness (QED) is 0.528. The number of ether oxygens (including phenoxy) is 2. The van der Waals surface area contributed by atoms with Crippen LogP contribution in [0.5, 0.6) is 0 Å². The summed E-state index contributed by atoms with van der Waals surface area (Å²) in [5.74, 6) is -0.462. The summed E-state index contributed by atoms with van der Waals surface area (Å²) in [4.78, 5) is 17.4. The maximum atomic E-state index is 12.7. The van der Waals surface area contributed by atoms with Gasteiger partial charge in [0.25, 0.3) is 0 Å². The van der Waals surface area contributed by atoms with Crippen molar-refractivity contribution >= 4 is 20.2 Å². The molecule has 7 heteroatoms. The van der Waals surface area contributed by atoms with E-state index in [1.807, 2.05) is 0 Å². The van der Waals surface area contributed by atoms with Gasteiger partial charge in [-0.2, -0.15) is 0 Å². The normalized spacial score (nSPS) is 40.3. The van der Waals surface area contributed by atoms with Crippen molar-refractivity contribution in [1.82, 2.24) is 0 Å². The molecule has 0 amide bonds. The predicted molar refractivity (Wildman–Crippen MR) is 104 cm³/mol. The molecule has 0 aliphatic carbocycles. The topological polar surface area (TPSA) is 66.3 Å². The lowest BCUT2D eigenvalue weighted by atomic mass is 9.82. The van der Waals surface area contributed by atoms with E-state index in [9.17, 15) is 4.79 Å². The maximum absolute atomic E-state index is 12.7. The lowest BCUT2D eigenvalue weighted by Gasteiger charge is -2.56. The molecule has 152 valence electrons. The molecule has 4 aliphatic rings. The molecule has 1 unspecified atom stereocenters. The van der Waals surface area contributed by atoms with E-state index < -0.39 is 8.56 Å². The van der Waals surface area contributed by atoms with Crippen molar-refractivity contribution in [2.75, 3.05) is 6.61 Å². The molecular formula is C20H33NO5Si. The third kappa shape index (κ3) is 2.69. The summed E-state index contributed by atoms with van der Waals surface area (Å²) in [7, 11) is -2.64. The van der Waals surface area contributed by atoms with Gasteiger partial charge in [-0.3, -0.25) is 9.79 Å². The Kier molecular flexibility index (Phi) is 4.43. The van der Waals surface area contributed by atoms with Crippen LogP contribution >= 0.6 is 0 Å². The van der Waals surface area contributed by atoms with Crippen LogP contribution in [-0.4, -0.2) is 51.4 Å². The van der Waals surface area contributed by atoms with E-state index in [1.165, 1.54) is 0 Å². The zero-order chi connectivity index (χ0) is 19.8. The Hall–Kier alpha value is -0.763. The second-order valence-corrected chi connectivity index (χ2v) is 15.2. The van der Waals surface area contributed by atoms with Crippen LogP contribution in [0, 0.1) is 11.8 Å². The number of esters is 1. The zero-order valence-electron chi connectivity index (χ0n) is 17.6. The number of rotatable bonds is 2. The minimum absolute atomic E-state index is 0.0509. The van der Waals surface area contributed by atoms with Gasteiger partial charge in [-0.1, -0.05) is 54.9 Å². The molecule has 0 saturated carbocycles. The number of hydrogen-bond acceptors (Lipinski definition) is 6. The van der Waals surface area contributed by atoms with E-state index in [1.54, 1.807) is 0 Å². The van der Waals surface area contributed by atoms with Crippen molar-refractivity contribution in [2.45, 2.75) is 95.9 Å². The van der Waals surface area contributed by atoms with E-state index in [0.717, 1.165) is 18.6 Å². The number of carbonyl (C=O) groups excluding carboxylic acids is 1. The van der Waals surface area contributed by atoms with Gasteiger partial charge in [0.1, 0.15) is 24.2 Å². The third-order valence-electron chi connectivity index (χ3n) is 6.49. The van der Waals surface area contributed by atoms with Crippen molar-refractivity contribution < 1.29 is 23.1 Å². The average Bonchev–Trinajstić information content (AvgIpc) is 3.07. The molecule has 0 bridgehead atoms. The van der Waals surface area contributed by atoms with Gasteiger partial charge in [-0.25, -0.2) is 0 Å². The molecule has 0 aromatic rings. The molecule has 0 N–H and O–H groups in total. The Morgan fingerprint density at radius 2 is 1.78 bits per heavy atom. The molecule has 4 aliphatic heterocycles. The van der Waals surface area contributed by atoms with Gasteiger partial charge in [-0.05, 0) is 6.42 Å². The summed E-state index contributed by atoms with van der Waals surface area (Å²) < 4.78 is 25.6. The summed E-state index contributed by atoms with van der Waals surface area (Å²) >= 11 is 0. The highest BCUT2D eigenvalue weighted by atomic mass is 28.4. The molecular weight excluding hydrogens is 362 g/mol. The van der Waals surface area contributed by atoms with E-state index in [2.05, 4.69) is 48.5 Å². The van der Waals surface area contributed by atoms with Crippen LogP contribution in [0.15, 0.2) is 4.99 Å². The third-order valence-corrected chi connectivity index (χ3v) is 11.6. The Balaban J connectivity index is 1.68. The van der Waals surface area contributed by atoms with Gasteiger partial charge in [-0.15, -0.1) is 0 Å². The summed E-state index contributed by atoms with van der Waals surface area (Å²) in [6.45, 7) is 15.7. The lowest BCUT2D eigenvalue weighted by Crippen LogP contribution is -2.69. The summed E-state index contributed by atoms with van der Waals surface area (Å²) in [6, 6.07) is 0. The molecule has 0 aromatic heterocycles. The van der Waals surface area contributed by atoms with Crippen LogP contribution in [0.1, 0.15) is 61.3 Å². The van der Waals surface area contributed by atoms with E-state index in [0.29, 0.717) is 6.61 Å². The first kappa shape index (κ1) is 19.5. The molecule has 3 fully saturated rings. The summed E-state index contributed by atoms with van der Waals surface area (Å²) in [5, 5.41) is -0.233. The maximum Gasteiger partial charge on any atom is 0.349 e. The van der Waals surface area contributed by atoms with Crippen molar-refractivity contribution in [3.05, 3.63) is 0 Å². The van der Waals surface area contributed by atoms with Gasteiger partial charge in [0.2, 0.25) is 0 Å². The summed E-state index contributed by atoms with van der Waals surface area (Å²) in [6.07, 6.45) is 0.680. The molecule has 0 aromatic carbocycles. The van der Waals surface area contributed by atoms with Crippen molar-refractivity contribution in [1.29, 1.82) is 0 Å². The largest absolute Gasteiger partial charge is 0.459 e. The van der Waals surface area contributed by atoms with Gasteiger partial charge in [0, 0.05) is 15.8 Å². The molecule has 4 rings (SSSR count). The predicted octanol–water partition coefficient (Wildman–Crippen LogP) is 3.58. The lowest BCUT2D eigenvalue weighted by molar-refractivity contribution is -0.214. The number of hydrogen-bond donors (Lipinski definition) is 0. The minimum atomic E-state index is -2.64. The van der Waals surface area contributed by atoms with Crippen molar-refractivity contribution in [2.24, 2.45) is 16.8 Å². The van der Waals surface area contributed by atoms with Crippen LogP contribution in [0.2, 0.25) is 10.1 Å². The monoisotopic (exact) mass is 395 g/mol. The highest BCUT2D eigenvalue weighted by molar-refractivity contribution is 6.73. The number of aliphatic imine (C=N–C) groups is 1. The fraction of sp³-hybridized carbons (Fsp3) is 0.900. The highest BCUT2D eigenvalue weighted by Gasteiger charge is 2.68. The molecule has 6 nitrogen and oxygen atoms in total. The van der Waals surface area contributed by atoms with E-state index in [4.69, 9.17) is 23.3 Å². The fourth-order valence-electron chi connectivity index (χ4n) is 5.61. The SMILES string of the molecule is CCCC1=N[C@@H]2O[C@@H]3CO[Si](C(C)(C)C)(C(C)(C)C)O[C@H]3[C@@H]3OC(=O)C1[C@@H]32. The summed E-state index contributed by atoms with van der Waals surface area (Å²) in [5.41, 5.74) is 0.940. The molecule has 27 heavy (non-hydrogen) atoms. The molecule has 6 atom stereocenters. The minimum Gasteiger partial charge on any atom is -0.459 e. The second kappa shape index (κ2) is 6.12. The standard InChI is InChI=1S/C20H33NO5Si/c1-8-9-11-13-14-16(25-18(13)22)15-12(24-17(14)21-11)10-23-27(26-15,19(2,3)4)20(5,6)7/h12-17H,8-10H2,1-7H3/t12-,13?,14+,15-,16-,17-/m1/s1. The smallest absolute Gasteiger partial charge is 0.349 e. The van der Waals surface area contributed by atoms with Gasteiger partial charge in [0.15, 0.2) is 6.23 Å². The van der Waals surface area contributed by atoms with Crippen LogP contribution in [-0.2, 0) is 23.1 Å². The van der Waals surface area contributed by atoms with Crippen molar-refractivity contribution in [3.63, 3.8) is 0 Å². The van der Waals surface area contributed by atoms with E-state index >= 15 is 0 Å². The van der Waals surface area contributed by atoms with E-state index in [-0.39, 0.29) is 52.4 Å². The first-order chi connectivity index (χ1) is 12.5. The van der Waals surface area contributed by atoms with Gasteiger partial charge in [0.05, 0.1) is 12.5 Å². The molecule has 3 saturated heterocycles. The number of carbonyl (C=O) groups is 1. The first-order valence-corrected chi connectivity index (χ1v) is 12.1. The Bertz CT molecular complexity index is 650. The highest BCUT2D eigenvalue weighted by Crippen LogP contribution is 2.57. The van der Waals surface area contributed by atoms with Gasteiger partial charge < -0.3 is 18.3 Å². The number of fused-ring (bicyclic) bond motifs is 2. The number of nitrogens with zero attached hydrogens (tertiary/aromatic N) is 1. The molecule has 4 heterocycles. The Morgan fingerprint density at radius 1 is 1.11 bits per heavy atom. The first-order valence-electron chi connectivity index (χ1n) is 10.2. The Labute approximate surface area is 163 Å². The zero-order valence-corrected chi connectivity index (χ0v) is 18.6. The van der Waals surface area contributed by atoms with Crippen LogP contribution in [0.4, 0.5) is 0 Å². The van der Waals surface area contributed by atoms with Crippen molar-refractivity contribution in [3.8, 4) is 0 Å². The molecule has 0 spiro atoms. The van der Waals surface area contributed by atoms with Crippen LogP contribution in [0.3, 0.4) is 0 Å². The second-order valence-electron chi connectivity index (χ2n) is 10.4.